The van der Waals surface area contributed by atoms with Crippen molar-refractivity contribution in [3.8, 4) is 0 Å². The molecular formula is C16H32N2O2. The second kappa shape index (κ2) is 7.41. The molecule has 1 aliphatic heterocycles. The van der Waals surface area contributed by atoms with Crippen molar-refractivity contribution in [1.82, 2.24) is 10.2 Å². The average molecular weight is 284 g/mol. The molecule has 0 radical (unpaired) electrons. The van der Waals surface area contributed by atoms with Crippen LogP contribution < -0.4 is 5.32 Å². The van der Waals surface area contributed by atoms with Crippen LogP contribution in [0.5, 0.6) is 0 Å². The van der Waals surface area contributed by atoms with Gasteiger partial charge in [-0.2, -0.15) is 0 Å². The van der Waals surface area contributed by atoms with Gasteiger partial charge in [-0.15, -0.1) is 0 Å². The van der Waals surface area contributed by atoms with Gasteiger partial charge in [0.1, 0.15) is 0 Å². The Morgan fingerprint density at radius 3 is 2.65 bits per heavy atom. The van der Waals surface area contributed by atoms with Gasteiger partial charge < -0.3 is 10.4 Å². The number of amides is 1. The first kappa shape index (κ1) is 17.4. The number of aliphatic hydroxyl groups excluding tert-OH is 1. The zero-order valence-corrected chi connectivity index (χ0v) is 13.7. The maximum absolute atomic E-state index is 12.1. The van der Waals surface area contributed by atoms with E-state index in [0.29, 0.717) is 6.54 Å². The number of hydrogen-bond acceptors (Lipinski definition) is 3. The molecule has 2 N–H and O–H groups in total. The fourth-order valence-corrected chi connectivity index (χ4v) is 3.10. The van der Waals surface area contributed by atoms with Crippen LogP contribution in [0.4, 0.5) is 0 Å². The minimum Gasteiger partial charge on any atom is -0.396 e. The Balaban J connectivity index is 2.53. The summed E-state index contributed by atoms with van der Waals surface area (Å²) < 4.78 is 0. The lowest BCUT2D eigenvalue weighted by Crippen LogP contribution is -2.51. The van der Waals surface area contributed by atoms with Gasteiger partial charge in [0.25, 0.3) is 0 Å². The van der Waals surface area contributed by atoms with Gasteiger partial charge >= 0.3 is 0 Å². The molecule has 118 valence electrons. The molecule has 1 aliphatic rings. The van der Waals surface area contributed by atoms with Gasteiger partial charge in [0.05, 0.1) is 6.54 Å². The highest BCUT2D eigenvalue weighted by Crippen LogP contribution is 2.33. The van der Waals surface area contributed by atoms with E-state index in [0.717, 1.165) is 45.2 Å². The number of hydrogen-bond donors (Lipinski definition) is 2. The quantitative estimate of drug-likeness (QED) is 0.753. The minimum absolute atomic E-state index is 0.00749. The third kappa shape index (κ3) is 5.06. The number of nitrogens with one attached hydrogen (secondary N) is 1. The first-order chi connectivity index (χ1) is 9.36. The molecule has 0 unspecified atom stereocenters. The van der Waals surface area contributed by atoms with Crippen LogP contribution >= 0.6 is 0 Å². The Labute approximate surface area is 123 Å². The summed E-state index contributed by atoms with van der Waals surface area (Å²) in [5.74, 6) is 0.0992. The average Bonchev–Trinajstić information content (AvgIpc) is 2.38. The van der Waals surface area contributed by atoms with Crippen LogP contribution in [0.25, 0.3) is 0 Å². The lowest BCUT2D eigenvalue weighted by molar-refractivity contribution is -0.125. The summed E-state index contributed by atoms with van der Waals surface area (Å²) in [6, 6.07) is 0. The summed E-state index contributed by atoms with van der Waals surface area (Å²) in [5.41, 5.74) is -0.127. The molecule has 0 saturated carbocycles. The lowest BCUT2D eigenvalue weighted by atomic mass is 9.77. The van der Waals surface area contributed by atoms with Crippen LogP contribution in [0.15, 0.2) is 0 Å². The standard InChI is InChI=1S/C16H32N2O2/c1-5-8-16(13-19)9-7-10-18(12-16)11-14(20)17-15(3,4)6-2/h19H,5-13H2,1-4H3,(H,17,20)/t16-/m1/s1. The fourth-order valence-electron chi connectivity index (χ4n) is 3.10. The van der Waals surface area contributed by atoms with Crippen LogP contribution in [-0.2, 0) is 4.79 Å². The minimum atomic E-state index is -0.135. The molecule has 0 bridgehead atoms. The Morgan fingerprint density at radius 1 is 1.40 bits per heavy atom. The van der Waals surface area contributed by atoms with E-state index < -0.39 is 0 Å². The van der Waals surface area contributed by atoms with Gasteiger partial charge in [0.2, 0.25) is 5.91 Å². The summed E-state index contributed by atoms with van der Waals surface area (Å²) in [5, 5.41) is 12.8. The highest BCUT2D eigenvalue weighted by Gasteiger charge is 2.34. The molecule has 0 aliphatic carbocycles. The smallest absolute Gasteiger partial charge is 0.234 e. The van der Waals surface area contributed by atoms with E-state index in [1.165, 1.54) is 0 Å². The van der Waals surface area contributed by atoms with E-state index in [1.807, 2.05) is 0 Å². The maximum Gasteiger partial charge on any atom is 0.234 e. The molecule has 1 rings (SSSR count). The zero-order chi connectivity index (χ0) is 15.2. The van der Waals surface area contributed by atoms with E-state index in [4.69, 9.17) is 0 Å². The second-order valence-electron chi connectivity index (χ2n) is 7.01. The largest absolute Gasteiger partial charge is 0.396 e. The molecule has 0 aromatic heterocycles. The third-order valence-electron chi connectivity index (χ3n) is 4.59. The Bertz CT molecular complexity index is 314. The van der Waals surface area contributed by atoms with Crippen molar-refractivity contribution < 1.29 is 9.90 Å². The van der Waals surface area contributed by atoms with Crippen molar-refractivity contribution >= 4 is 5.91 Å². The molecule has 1 fully saturated rings. The molecule has 0 aromatic carbocycles. The summed E-state index contributed by atoms with van der Waals surface area (Å²) in [7, 11) is 0. The van der Waals surface area contributed by atoms with Gasteiger partial charge in [-0.25, -0.2) is 0 Å². The molecule has 4 heteroatoms. The van der Waals surface area contributed by atoms with Gasteiger partial charge in [0, 0.05) is 24.1 Å². The molecular weight excluding hydrogens is 252 g/mol. The van der Waals surface area contributed by atoms with E-state index in [9.17, 15) is 9.90 Å². The maximum atomic E-state index is 12.1. The summed E-state index contributed by atoms with van der Waals surface area (Å²) in [6.45, 7) is 10.8. The monoisotopic (exact) mass is 284 g/mol. The topological polar surface area (TPSA) is 52.6 Å². The number of aliphatic hydroxyl groups is 1. The van der Waals surface area contributed by atoms with E-state index in [1.54, 1.807) is 0 Å². The highest BCUT2D eigenvalue weighted by atomic mass is 16.3. The van der Waals surface area contributed by atoms with E-state index in [2.05, 4.69) is 37.9 Å². The van der Waals surface area contributed by atoms with Gasteiger partial charge in [-0.3, -0.25) is 9.69 Å². The van der Waals surface area contributed by atoms with E-state index in [-0.39, 0.29) is 23.5 Å². The fraction of sp³-hybridized carbons (Fsp3) is 0.938. The molecule has 1 amide bonds. The number of carbonyl (C=O) groups excluding carboxylic acids is 1. The van der Waals surface area contributed by atoms with Crippen LogP contribution in [0.3, 0.4) is 0 Å². The number of nitrogens with zero attached hydrogens (tertiary/aromatic N) is 1. The Kier molecular flexibility index (Phi) is 6.46. The Morgan fingerprint density at radius 2 is 2.10 bits per heavy atom. The summed E-state index contributed by atoms with van der Waals surface area (Å²) in [6.07, 6.45) is 5.21. The van der Waals surface area contributed by atoms with Crippen molar-refractivity contribution in [3.05, 3.63) is 0 Å². The third-order valence-corrected chi connectivity index (χ3v) is 4.59. The Hall–Kier alpha value is -0.610. The summed E-state index contributed by atoms with van der Waals surface area (Å²) >= 11 is 0. The van der Waals surface area contributed by atoms with Gasteiger partial charge in [0.15, 0.2) is 0 Å². The predicted molar refractivity (Wildman–Crippen MR) is 82.6 cm³/mol. The predicted octanol–water partition coefficient (Wildman–Crippen LogP) is 2.17. The van der Waals surface area contributed by atoms with Crippen molar-refractivity contribution in [2.45, 2.75) is 65.3 Å². The van der Waals surface area contributed by atoms with Crippen LogP contribution in [0.1, 0.15) is 59.8 Å². The van der Waals surface area contributed by atoms with Crippen molar-refractivity contribution in [1.29, 1.82) is 0 Å². The first-order valence-corrected chi connectivity index (χ1v) is 8.00. The van der Waals surface area contributed by atoms with Crippen molar-refractivity contribution in [2.75, 3.05) is 26.2 Å². The second-order valence-corrected chi connectivity index (χ2v) is 7.01. The molecule has 1 saturated heterocycles. The van der Waals surface area contributed by atoms with Gasteiger partial charge in [-0.1, -0.05) is 20.3 Å². The van der Waals surface area contributed by atoms with E-state index >= 15 is 0 Å². The first-order valence-electron chi connectivity index (χ1n) is 8.00. The lowest BCUT2D eigenvalue weighted by Gasteiger charge is -2.42. The number of rotatable bonds is 7. The normalized spacial score (nSPS) is 24.6. The molecule has 1 atom stereocenters. The number of carbonyl (C=O) groups is 1. The highest BCUT2D eigenvalue weighted by molar-refractivity contribution is 5.78. The molecule has 1 heterocycles. The molecule has 4 nitrogen and oxygen atoms in total. The SMILES string of the molecule is CCC[C@@]1(CO)CCCN(CC(=O)NC(C)(C)CC)C1. The zero-order valence-electron chi connectivity index (χ0n) is 13.7. The number of piperidine rings is 1. The van der Waals surface area contributed by atoms with Crippen LogP contribution in [0.2, 0.25) is 0 Å². The van der Waals surface area contributed by atoms with Gasteiger partial charge in [-0.05, 0) is 46.1 Å². The molecule has 20 heavy (non-hydrogen) atoms. The van der Waals surface area contributed by atoms with Crippen molar-refractivity contribution in [2.24, 2.45) is 5.41 Å². The van der Waals surface area contributed by atoms with Crippen LogP contribution in [-0.4, -0.2) is 47.7 Å². The molecule has 0 aromatic rings. The van der Waals surface area contributed by atoms with Crippen LogP contribution in [0, 0.1) is 5.41 Å². The summed E-state index contributed by atoms with van der Waals surface area (Å²) in [4.78, 5) is 14.3. The molecule has 0 spiro atoms. The van der Waals surface area contributed by atoms with Crippen molar-refractivity contribution in [3.63, 3.8) is 0 Å². The number of likely N-dealkylation sites (tertiary alicyclic amines) is 1.